The molecule has 1 aromatic rings. The number of imidazole rings is 1. The Bertz CT molecular complexity index is 515. The van der Waals surface area contributed by atoms with Gasteiger partial charge >= 0.3 is 0 Å². The van der Waals surface area contributed by atoms with E-state index in [4.69, 9.17) is 0 Å². The van der Waals surface area contributed by atoms with E-state index in [0.29, 0.717) is 19.5 Å². The van der Waals surface area contributed by atoms with Crippen molar-refractivity contribution in [3.05, 3.63) is 18.2 Å². The SMILES string of the molecule is Cn1ccnc1CN1CCC(=O)NC(C(C)(C)C)C1=O. The molecule has 2 amide bonds. The van der Waals surface area contributed by atoms with Crippen molar-refractivity contribution in [1.82, 2.24) is 19.8 Å². The van der Waals surface area contributed by atoms with Crippen LogP contribution in [0.15, 0.2) is 12.4 Å². The summed E-state index contributed by atoms with van der Waals surface area (Å²) in [5, 5.41) is 2.84. The van der Waals surface area contributed by atoms with Crippen LogP contribution in [0.1, 0.15) is 33.0 Å². The van der Waals surface area contributed by atoms with Crippen molar-refractivity contribution in [2.45, 2.75) is 39.8 Å². The lowest BCUT2D eigenvalue weighted by Gasteiger charge is -2.32. The lowest BCUT2D eigenvalue weighted by molar-refractivity contribution is -0.137. The number of amides is 2. The van der Waals surface area contributed by atoms with Gasteiger partial charge in [0.25, 0.3) is 0 Å². The first-order chi connectivity index (χ1) is 9.29. The highest BCUT2D eigenvalue weighted by Crippen LogP contribution is 2.23. The van der Waals surface area contributed by atoms with Gasteiger partial charge in [-0.2, -0.15) is 0 Å². The molecule has 110 valence electrons. The highest BCUT2D eigenvalue weighted by molar-refractivity contribution is 5.90. The summed E-state index contributed by atoms with van der Waals surface area (Å²) >= 11 is 0. The molecule has 1 atom stereocenters. The minimum atomic E-state index is -0.488. The molecule has 1 aliphatic heterocycles. The van der Waals surface area contributed by atoms with Crippen LogP contribution < -0.4 is 5.32 Å². The third-order valence-electron chi connectivity index (χ3n) is 3.59. The van der Waals surface area contributed by atoms with Gasteiger partial charge in [0, 0.05) is 32.4 Å². The summed E-state index contributed by atoms with van der Waals surface area (Å²) in [5.74, 6) is 0.715. The van der Waals surface area contributed by atoms with Crippen LogP contribution in [-0.4, -0.2) is 38.9 Å². The molecular weight excluding hydrogens is 256 g/mol. The number of nitrogens with zero attached hydrogens (tertiary/aromatic N) is 3. The first-order valence-corrected chi connectivity index (χ1v) is 6.83. The Hall–Kier alpha value is -1.85. The predicted octanol–water partition coefficient (Wildman–Crippen LogP) is 0.683. The molecule has 1 aliphatic rings. The van der Waals surface area contributed by atoms with Crippen molar-refractivity contribution < 1.29 is 9.59 Å². The number of aromatic nitrogens is 2. The van der Waals surface area contributed by atoms with Crippen LogP contribution in [0, 0.1) is 5.41 Å². The van der Waals surface area contributed by atoms with E-state index in [1.165, 1.54) is 0 Å². The van der Waals surface area contributed by atoms with Gasteiger partial charge in [-0.3, -0.25) is 9.59 Å². The molecule has 1 fully saturated rings. The summed E-state index contributed by atoms with van der Waals surface area (Å²) in [6.45, 7) is 6.74. The Morgan fingerprint density at radius 1 is 1.40 bits per heavy atom. The highest BCUT2D eigenvalue weighted by atomic mass is 16.2. The van der Waals surface area contributed by atoms with E-state index < -0.39 is 6.04 Å². The third-order valence-corrected chi connectivity index (χ3v) is 3.59. The molecule has 6 heteroatoms. The summed E-state index contributed by atoms with van der Waals surface area (Å²) in [5.41, 5.74) is -0.309. The third kappa shape index (κ3) is 3.00. The van der Waals surface area contributed by atoms with Crippen LogP contribution in [0.4, 0.5) is 0 Å². The summed E-state index contributed by atoms with van der Waals surface area (Å²) < 4.78 is 1.89. The molecule has 2 heterocycles. The predicted molar refractivity (Wildman–Crippen MR) is 74.6 cm³/mol. The van der Waals surface area contributed by atoms with Crippen LogP contribution in [0.25, 0.3) is 0 Å². The number of hydrogen-bond donors (Lipinski definition) is 1. The Balaban J connectivity index is 2.22. The van der Waals surface area contributed by atoms with Crippen molar-refractivity contribution >= 4 is 11.8 Å². The van der Waals surface area contributed by atoms with Crippen LogP contribution in [0.3, 0.4) is 0 Å². The minimum Gasteiger partial charge on any atom is -0.344 e. The van der Waals surface area contributed by atoms with Crippen molar-refractivity contribution in [3.63, 3.8) is 0 Å². The minimum absolute atomic E-state index is 0.0358. The zero-order valence-corrected chi connectivity index (χ0v) is 12.5. The molecule has 0 saturated carbocycles. The van der Waals surface area contributed by atoms with Crippen molar-refractivity contribution in [1.29, 1.82) is 0 Å². The van der Waals surface area contributed by atoms with E-state index in [1.807, 2.05) is 38.6 Å². The maximum atomic E-state index is 12.6. The van der Waals surface area contributed by atoms with Crippen LogP contribution in [0.2, 0.25) is 0 Å². The Morgan fingerprint density at radius 2 is 2.10 bits per heavy atom. The van der Waals surface area contributed by atoms with Gasteiger partial charge < -0.3 is 14.8 Å². The van der Waals surface area contributed by atoms with Crippen molar-refractivity contribution in [3.8, 4) is 0 Å². The van der Waals surface area contributed by atoms with E-state index >= 15 is 0 Å². The van der Waals surface area contributed by atoms with Crippen molar-refractivity contribution in [2.24, 2.45) is 12.5 Å². The molecule has 20 heavy (non-hydrogen) atoms. The number of aryl methyl sites for hydroxylation is 1. The fourth-order valence-corrected chi connectivity index (χ4v) is 2.29. The molecule has 0 bridgehead atoms. The molecule has 2 rings (SSSR count). The van der Waals surface area contributed by atoms with Gasteiger partial charge in [-0.15, -0.1) is 0 Å². The fraction of sp³-hybridized carbons (Fsp3) is 0.643. The Morgan fingerprint density at radius 3 is 2.65 bits per heavy atom. The molecule has 0 aliphatic carbocycles. The van der Waals surface area contributed by atoms with Crippen molar-refractivity contribution in [2.75, 3.05) is 6.54 Å². The Labute approximate surface area is 119 Å². The molecule has 0 radical (unpaired) electrons. The number of rotatable bonds is 2. The first kappa shape index (κ1) is 14.6. The standard InChI is InChI=1S/C14H22N4O2/c1-14(2,3)12-13(20)18(7-5-11(19)16-12)9-10-15-6-8-17(10)4/h6,8,12H,5,7,9H2,1-4H3,(H,16,19). The molecular formula is C14H22N4O2. The number of carbonyl (C=O) groups excluding carboxylic acids is 2. The van der Waals surface area contributed by atoms with Gasteiger partial charge in [-0.25, -0.2) is 4.98 Å². The smallest absolute Gasteiger partial charge is 0.246 e. The molecule has 1 aromatic heterocycles. The average Bonchev–Trinajstić information content (AvgIpc) is 2.68. The zero-order valence-electron chi connectivity index (χ0n) is 12.5. The average molecular weight is 278 g/mol. The van der Waals surface area contributed by atoms with E-state index in [1.54, 1.807) is 11.1 Å². The number of hydrogen-bond acceptors (Lipinski definition) is 3. The van der Waals surface area contributed by atoms with E-state index in [2.05, 4.69) is 10.3 Å². The van der Waals surface area contributed by atoms with E-state index in [9.17, 15) is 9.59 Å². The topological polar surface area (TPSA) is 67.2 Å². The summed E-state index contributed by atoms with van der Waals surface area (Å²) in [6, 6.07) is -0.488. The molecule has 1 saturated heterocycles. The normalized spacial score (nSPS) is 20.8. The van der Waals surface area contributed by atoms with Gasteiger partial charge in [-0.1, -0.05) is 20.8 Å². The van der Waals surface area contributed by atoms with Crippen LogP contribution in [0.5, 0.6) is 0 Å². The highest BCUT2D eigenvalue weighted by Gasteiger charge is 2.38. The lowest BCUT2D eigenvalue weighted by atomic mass is 9.86. The summed E-state index contributed by atoms with van der Waals surface area (Å²) in [7, 11) is 1.90. The molecule has 1 unspecified atom stereocenters. The zero-order chi connectivity index (χ0) is 14.9. The second kappa shape index (κ2) is 5.26. The van der Waals surface area contributed by atoms with E-state index in [-0.39, 0.29) is 17.2 Å². The quantitative estimate of drug-likeness (QED) is 0.865. The van der Waals surface area contributed by atoms with Gasteiger partial charge in [0.2, 0.25) is 11.8 Å². The molecule has 6 nitrogen and oxygen atoms in total. The number of carbonyl (C=O) groups is 2. The summed E-state index contributed by atoms with van der Waals surface area (Å²) in [4.78, 5) is 30.4. The Kier molecular flexibility index (Phi) is 3.83. The van der Waals surface area contributed by atoms with Crippen LogP contribution >= 0.6 is 0 Å². The maximum absolute atomic E-state index is 12.6. The molecule has 0 aromatic carbocycles. The van der Waals surface area contributed by atoms with Gasteiger partial charge in [0.1, 0.15) is 11.9 Å². The molecule has 0 spiro atoms. The second-order valence-corrected chi connectivity index (χ2v) is 6.33. The van der Waals surface area contributed by atoms with Gasteiger partial charge in [0.05, 0.1) is 6.54 Å². The van der Waals surface area contributed by atoms with Gasteiger partial charge in [0.15, 0.2) is 0 Å². The fourth-order valence-electron chi connectivity index (χ4n) is 2.29. The monoisotopic (exact) mass is 278 g/mol. The lowest BCUT2D eigenvalue weighted by Crippen LogP contribution is -2.51. The van der Waals surface area contributed by atoms with E-state index in [0.717, 1.165) is 5.82 Å². The molecule has 1 N–H and O–H groups in total. The maximum Gasteiger partial charge on any atom is 0.246 e. The van der Waals surface area contributed by atoms with Crippen LogP contribution in [-0.2, 0) is 23.2 Å². The summed E-state index contributed by atoms with van der Waals surface area (Å²) in [6.07, 6.45) is 3.90. The van der Waals surface area contributed by atoms with Gasteiger partial charge in [-0.05, 0) is 5.41 Å². The second-order valence-electron chi connectivity index (χ2n) is 6.33. The number of nitrogens with one attached hydrogen (secondary N) is 1. The largest absolute Gasteiger partial charge is 0.344 e. The first-order valence-electron chi connectivity index (χ1n) is 6.83.